The number of nitrogens with two attached hydrogens (primary N) is 1. The van der Waals surface area contributed by atoms with Gasteiger partial charge in [0.1, 0.15) is 30.2 Å². The van der Waals surface area contributed by atoms with Gasteiger partial charge in [-0.25, -0.2) is 9.98 Å². The Balaban J connectivity index is 1.53. The lowest BCUT2D eigenvalue weighted by molar-refractivity contribution is -0.0520. The first-order chi connectivity index (χ1) is 13.5. The number of aliphatic hydroxyl groups excluding tert-OH is 3. The highest BCUT2D eigenvalue weighted by molar-refractivity contribution is 5.65. The lowest BCUT2D eigenvalue weighted by Crippen LogP contribution is -2.38. The summed E-state index contributed by atoms with van der Waals surface area (Å²) >= 11 is 0. The molecule has 0 spiro atoms. The van der Waals surface area contributed by atoms with Crippen molar-refractivity contribution in [3.05, 3.63) is 47.9 Å². The van der Waals surface area contributed by atoms with Crippen LogP contribution >= 0.6 is 0 Å². The van der Waals surface area contributed by atoms with Gasteiger partial charge in [0.25, 0.3) is 0 Å². The highest BCUT2D eigenvalue weighted by atomic mass is 16.6. The molecule has 2 aliphatic rings. The van der Waals surface area contributed by atoms with E-state index >= 15 is 0 Å². The van der Waals surface area contributed by atoms with Crippen molar-refractivity contribution < 1.29 is 20.1 Å². The highest BCUT2D eigenvalue weighted by Gasteiger charge is 2.44. The van der Waals surface area contributed by atoms with E-state index in [1.165, 1.54) is 11.9 Å². The Morgan fingerprint density at radius 2 is 1.96 bits per heavy atom. The van der Waals surface area contributed by atoms with E-state index in [-0.39, 0.29) is 12.5 Å². The second kappa shape index (κ2) is 7.61. The van der Waals surface area contributed by atoms with Crippen molar-refractivity contribution in [1.29, 1.82) is 0 Å². The minimum atomic E-state index is -1.20. The van der Waals surface area contributed by atoms with Gasteiger partial charge in [-0.2, -0.15) is 0 Å². The molecule has 0 amide bonds. The molecule has 9 heteroatoms. The molecule has 1 aromatic carbocycles. The first-order valence-electron chi connectivity index (χ1n) is 9.31. The van der Waals surface area contributed by atoms with Crippen LogP contribution in [0.15, 0.2) is 41.7 Å². The van der Waals surface area contributed by atoms with E-state index < -0.39 is 30.7 Å². The monoisotopic (exact) mass is 387 g/mol. The van der Waals surface area contributed by atoms with Gasteiger partial charge >= 0.3 is 0 Å². The summed E-state index contributed by atoms with van der Waals surface area (Å²) in [6.45, 7) is 2.41. The van der Waals surface area contributed by atoms with Crippen molar-refractivity contribution in [2.45, 2.75) is 43.5 Å². The number of aliphatic hydroxyl groups is 3. The van der Waals surface area contributed by atoms with Gasteiger partial charge < -0.3 is 30.7 Å². The maximum atomic E-state index is 10.3. The number of nitrogens with zero attached hydrogens (tertiary/aromatic N) is 4. The summed E-state index contributed by atoms with van der Waals surface area (Å²) in [5.74, 6) is 0.730. The molecule has 6 atom stereocenters. The van der Waals surface area contributed by atoms with Crippen LogP contribution in [0.5, 0.6) is 0 Å². The Labute approximate surface area is 162 Å². The van der Waals surface area contributed by atoms with Gasteiger partial charge in [-0.05, 0) is 11.5 Å². The highest BCUT2D eigenvalue weighted by Crippen LogP contribution is 2.37. The second-order valence-corrected chi connectivity index (χ2v) is 7.29. The van der Waals surface area contributed by atoms with Gasteiger partial charge in [-0.1, -0.05) is 37.3 Å². The van der Waals surface area contributed by atoms with E-state index in [1.54, 1.807) is 10.9 Å². The van der Waals surface area contributed by atoms with Gasteiger partial charge in [0, 0.05) is 6.54 Å². The molecule has 4 rings (SSSR count). The van der Waals surface area contributed by atoms with Crippen LogP contribution in [0.2, 0.25) is 0 Å². The Bertz CT molecular complexity index is 842. The zero-order valence-corrected chi connectivity index (χ0v) is 15.5. The minimum absolute atomic E-state index is 0.253. The van der Waals surface area contributed by atoms with E-state index in [1.807, 2.05) is 23.1 Å². The van der Waals surface area contributed by atoms with Crippen molar-refractivity contribution in [3.63, 3.8) is 0 Å². The summed E-state index contributed by atoms with van der Waals surface area (Å²) in [4.78, 5) is 10.8. The Kier molecular flexibility index (Phi) is 5.17. The Morgan fingerprint density at radius 3 is 2.64 bits per heavy atom. The molecule has 2 aromatic rings. The van der Waals surface area contributed by atoms with Gasteiger partial charge in [0.05, 0.1) is 19.3 Å². The summed E-state index contributed by atoms with van der Waals surface area (Å²) < 4.78 is 7.12. The third-order valence-electron chi connectivity index (χ3n) is 5.41. The second-order valence-electron chi connectivity index (χ2n) is 7.29. The molecular weight excluding hydrogens is 362 g/mol. The largest absolute Gasteiger partial charge is 0.394 e. The molecule has 2 aliphatic heterocycles. The molecule has 1 fully saturated rings. The van der Waals surface area contributed by atoms with Crippen LogP contribution in [0.25, 0.3) is 0 Å². The molecular formula is C19H25N5O4. The summed E-state index contributed by atoms with van der Waals surface area (Å²) in [6.07, 6.45) is -1.45. The molecule has 5 N–H and O–H groups in total. The lowest BCUT2D eigenvalue weighted by atomic mass is 10.0. The zero-order valence-electron chi connectivity index (χ0n) is 15.5. The number of aromatic nitrogens is 2. The van der Waals surface area contributed by atoms with Crippen LogP contribution in [0.4, 0.5) is 5.82 Å². The lowest BCUT2D eigenvalue weighted by Gasteiger charge is -2.31. The van der Waals surface area contributed by atoms with Crippen molar-refractivity contribution in [2.24, 2.45) is 10.7 Å². The first kappa shape index (κ1) is 19.0. The predicted molar refractivity (Wildman–Crippen MR) is 102 cm³/mol. The number of hydrogen-bond acceptors (Lipinski definition) is 8. The number of fused-ring (bicyclic) bond motifs is 1. The fraction of sp³-hybridized carbons (Fsp3) is 0.474. The average molecular weight is 387 g/mol. The molecule has 1 aromatic heterocycles. The first-order valence-corrected chi connectivity index (χ1v) is 9.31. The molecule has 3 heterocycles. The third-order valence-corrected chi connectivity index (χ3v) is 5.41. The van der Waals surface area contributed by atoms with Crippen molar-refractivity contribution >= 4 is 12.2 Å². The van der Waals surface area contributed by atoms with E-state index in [4.69, 9.17) is 10.5 Å². The molecule has 28 heavy (non-hydrogen) atoms. The van der Waals surface area contributed by atoms with Crippen molar-refractivity contribution in [2.75, 3.05) is 13.2 Å². The summed E-state index contributed by atoms with van der Waals surface area (Å²) in [5, 5.41) is 29.5. The molecule has 0 aliphatic carbocycles. The smallest absolute Gasteiger partial charge is 0.165 e. The van der Waals surface area contributed by atoms with Crippen LogP contribution in [0.1, 0.15) is 36.5 Å². The standard InChI is InChI=1S/C19H25N5O4/c1-11(12-5-3-2-4-6-12)7-23-9-22-18-14(17(23)20)21-10-24(18)19-16(27)15(26)13(8-25)28-19/h2-6,9-11,13,15-17,19,25-27H,7-8,20H2,1H3/t11?,13-,15?,16?,17?,19-/m1/s1. The van der Waals surface area contributed by atoms with Crippen LogP contribution < -0.4 is 5.73 Å². The maximum absolute atomic E-state index is 10.3. The number of imidazole rings is 1. The number of hydrogen-bond donors (Lipinski definition) is 4. The van der Waals surface area contributed by atoms with Crippen LogP contribution in [-0.2, 0) is 4.74 Å². The van der Waals surface area contributed by atoms with E-state index in [9.17, 15) is 15.3 Å². The molecule has 0 saturated carbocycles. The van der Waals surface area contributed by atoms with Crippen molar-refractivity contribution in [1.82, 2.24) is 14.5 Å². The van der Waals surface area contributed by atoms with Crippen LogP contribution in [-0.4, -0.2) is 67.6 Å². The van der Waals surface area contributed by atoms with Crippen LogP contribution in [0, 0.1) is 0 Å². The molecule has 9 nitrogen and oxygen atoms in total. The molecule has 4 unspecified atom stereocenters. The van der Waals surface area contributed by atoms with Gasteiger partial charge in [-0.15, -0.1) is 0 Å². The fourth-order valence-corrected chi connectivity index (χ4v) is 3.73. The Morgan fingerprint density at radius 1 is 1.21 bits per heavy atom. The topological polar surface area (TPSA) is 129 Å². The van der Waals surface area contributed by atoms with Crippen molar-refractivity contribution in [3.8, 4) is 0 Å². The SMILES string of the molecule is CC(CN1C=Nc2c(ncn2[C@@H]2O[C@H](CO)C(O)C2O)C1N)c1ccccc1. The molecule has 0 radical (unpaired) electrons. The number of benzene rings is 1. The van der Waals surface area contributed by atoms with E-state index in [0.29, 0.717) is 18.1 Å². The Hall–Kier alpha value is -2.30. The average Bonchev–Trinajstić information content (AvgIpc) is 3.26. The normalized spacial score (nSPS) is 30.5. The maximum Gasteiger partial charge on any atom is 0.165 e. The molecule has 1 saturated heterocycles. The molecule has 150 valence electrons. The van der Waals surface area contributed by atoms with E-state index in [2.05, 4.69) is 29.0 Å². The van der Waals surface area contributed by atoms with Gasteiger partial charge in [-0.3, -0.25) is 4.57 Å². The minimum Gasteiger partial charge on any atom is -0.394 e. The van der Waals surface area contributed by atoms with Gasteiger partial charge in [0.15, 0.2) is 12.0 Å². The predicted octanol–water partition coefficient (Wildman–Crippen LogP) is 0.231. The third kappa shape index (κ3) is 3.21. The van der Waals surface area contributed by atoms with Gasteiger partial charge in [0.2, 0.25) is 0 Å². The number of rotatable bonds is 5. The summed E-state index contributed by atoms with van der Waals surface area (Å²) in [6, 6.07) is 10.2. The van der Waals surface area contributed by atoms with Crippen LogP contribution in [0.3, 0.4) is 0 Å². The fourth-order valence-electron chi connectivity index (χ4n) is 3.73. The quantitative estimate of drug-likeness (QED) is 0.578. The summed E-state index contributed by atoms with van der Waals surface area (Å²) in [7, 11) is 0. The molecule has 0 bridgehead atoms. The van der Waals surface area contributed by atoms with E-state index in [0.717, 1.165) is 0 Å². The zero-order chi connectivity index (χ0) is 19.8. The number of aliphatic imine (C=N–C) groups is 1. The summed E-state index contributed by atoms with van der Waals surface area (Å²) in [5.41, 5.74) is 8.19. The number of ether oxygens (including phenoxy) is 1.